The molecular formula is C29H24Cl2N2O4. The Morgan fingerprint density at radius 2 is 1.59 bits per heavy atom. The summed E-state index contributed by atoms with van der Waals surface area (Å²) in [5.41, 5.74) is 8.91. The minimum Gasteiger partial charge on any atom is -0.489 e. The van der Waals surface area contributed by atoms with Gasteiger partial charge in [0.05, 0.1) is 21.3 Å². The molecule has 188 valence electrons. The average molecular weight is 535 g/mol. The van der Waals surface area contributed by atoms with Crippen LogP contribution in [0.25, 0.3) is 27.6 Å². The Labute approximate surface area is 224 Å². The highest BCUT2D eigenvalue weighted by atomic mass is 35.5. The summed E-state index contributed by atoms with van der Waals surface area (Å²) in [5, 5.41) is 11.8. The van der Waals surface area contributed by atoms with Gasteiger partial charge in [0.1, 0.15) is 18.1 Å². The number of carboxylic acid groups (broad SMARTS) is 1. The van der Waals surface area contributed by atoms with Crippen LogP contribution in [0.5, 0.6) is 5.75 Å². The molecule has 0 fully saturated rings. The molecular weight excluding hydrogens is 511 g/mol. The minimum absolute atomic E-state index is 0.0153. The Morgan fingerprint density at radius 1 is 0.946 bits per heavy atom. The second-order valence-corrected chi connectivity index (χ2v) is 9.57. The van der Waals surface area contributed by atoms with Gasteiger partial charge in [0.2, 0.25) is 0 Å². The molecule has 0 saturated heterocycles. The van der Waals surface area contributed by atoms with Crippen LogP contribution >= 0.6 is 23.2 Å². The van der Waals surface area contributed by atoms with Gasteiger partial charge >= 0.3 is 5.97 Å². The maximum absolute atomic E-state index is 13.0. The molecule has 0 radical (unpaired) electrons. The highest BCUT2D eigenvalue weighted by molar-refractivity contribution is 6.37. The third-order valence-electron chi connectivity index (χ3n) is 5.89. The molecule has 8 heteroatoms. The lowest BCUT2D eigenvalue weighted by molar-refractivity contribution is -0.118. The van der Waals surface area contributed by atoms with Crippen molar-refractivity contribution in [2.45, 2.75) is 13.8 Å². The normalized spacial score (nSPS) is 11.9. The standard InChI is InChI=1S/C29H24Cl2N2O4/c1-16(2)28(34)22(27(32)26-23(30)4-3-5-24(26)31)15-37-21-9-8-18-12-17(6-7-19(18)13-21)20-10-11-33-25(14-20)29(35)36/h3-14,16H,15,32H2,1-2H3,(H,35,36)/b27-22-. The first kappa shape index (κ1) is 26.2. The van der Waals surface area contributed by atoms with Crippen molar-refractivity contribution in [3.63, 3.8) is 0 Å². The van der Waals surface area contributed by atoms with E-state index in [1.807, 2.05) is 30.3 Å². The summed E-state index contributed by atoms with van der Waals surface area (Å²) in [5.74, 6) is -0.976. The SMILES string of the molecule is CC(C)C(=O)/C(COc1ccc2cc(-c3ccnc(C(=O)O)c3)ccc2c1)=C(\N)c1c(Cl)cccc1Cl. The Morgan fingerprint density at radius 3 is 2.27 bits per heavy atom. The topological polar surface area (TPSA) is 103 Å². The molecule has 0 bridgehead atoms. The van der Waals surface area contributed by atoms with Crippen molar-refractivity contribution in [3.8, 4) is 16.9 Å². The number of hydrogen-bond acceptors (Lipinski definition) is 5. The summed E-state index contributed by atoms with van der Waals surface area (Å²) in [6.07, 6.45) is 1.48. The van der Waals surface area contributed by atoms with Crippen molar-refractivity contribution in [2.75, 3.05) is 6.61 Å². The van der Waals surface area contributed by atoms with Crippen LogP contribution in [-0.4, -0.2) is 28.4 Å². The van der Waals surface area contributed by atoms with E-state index in [0.29, 0.717) is 26.9 Å². The molecule has 6 nitrogen and oxygen atoms in total. The molecule has 3 aromatic carbocycles. The Balaban J connectivity index is 1.63. The molecule has 1 heterocycles. The van der Waals surface area contributed by atoms with Crippen LogP contribution in [-0.2, 0) is 4.79 Å². The van der Waals surface area contributed by atoms with Gasteiger partial charge in [-0.3, -0.25) is 4.79 Å². The van der Waals surface area contributed by atoms with Crippen LogP contribution in [0.2, 0.25) is 10.0 Å². The maximum Gasteiger partial charge on any atom is 0.354 e. The van der Waals surface area contributed by atoms with Crippen molar-refractivity contribution in [2.24, 2.45) is 11.7 Å². The van der Waals surface area contributed by atoms with Gasteiger partial charge in [0.25, 0.3) is 0 Å². The number of halogens is 2. The largest absolute Gasteiger partial charge is 0.489 e. The van der Waals surface area contributed by atoms with Crippen LogP contribution in [0.15, 0.2) is 78.5 Å². The molecule has 0 atom stereocenters. The maximum atomic E-state index is 13.0. The molecule has 3 N–H and O–H groups in total. The lowest BCUT2D eigenvalue weighted by Gasteiger charge is -2.16. The number of pyridine rings is 1. The monoisotopic (exact) mass is 534 g/mol. The van der Waals surface area contributed by atoms with E-state index in [0.717, 1.165) is 21.9 Å². The molecule has 0 saturated carbocycles. The molecule has 0 unspecified atom stereocenters. The molecule has 37 heavy (non-hydrogen) atoms. The van der Waals surface area contributed by atoms with E-state index in [9.17, 15) is 14.7 Å². The van der Waals surface area contributed by atoms with Gasteiger partial charge in [-0.1, -0.05) is 61.3 Å². The zero-order valence-electron chi connectivity index (χ0n) is 20.2. The fourth-order valence-corrected chi connectivity index (χ4v) is 4.51. The number of Topliss-reactive ketones (excluding diaryl/α,β-unsaturated/α-hetero) is 1. The lowest BCUT2D eigenvalue weighted by Crippen LogP contribution is -2.21. The quantitative estimate of drug-likeness (QED) is 0.239. The molecule has 0 amide bonds. The molecule has 1 aromatic heterocycles. The summed E-state index contributed by atoms with van der Waals surface area (Å²) < 4.78 is 6.01. The summed E-state index contributed by atoms with van der Waals surface area (Å²) in [6, 6.07) is 19.7. The second-order valence-electron chi connectivity index (χ2n) is 8.76. The second kappa shape index (κ2) is 11.0. The fourth-order valence-electron chi connectivity index (χ4n) is 3.91. The Hall–Kier alpha value is -3.87. The van der Waals surface area contributed by atoms with Gasteiger partial charge in [-0.2, -0.15) is 0 Å². The van der Waals surface area contributed by atoms with E-state index in [1.165, 1.54) is 12.3 Å². The van der Waals surface area contributed by atoms with Gasteiger partial charge in [-0.15, -0.1) is 0 Å². The van der Waals surface area contributed by atoms with Gasteiger partial charge in [-0.25, -0.2) is 9.78 Å². The summed E-state index contributed by atoms with van der Waals surface area (Å²) >= 11 is 12.7. The van der Waals surface area contributed by atoms with Gasteiger partial charge in [0.15, 0.2) is 5.78 Å². The first-order valence-corrected chi connectivity index (χ1v) is 12.2. The number of nitrogens with two attached hydrogens (primary N) is 1. The van der Waals surface area contributed by atoms with E-state index in [2.05, 4.69) is 4.98 Å². The van der Waals surface area contributed by atoms with Crippen molar-refractivity contribution < 1.29 is 19.4 Å². The molecule has 4 rings (SSSR count). The van der Waals surface area contributed by atoms with E-state index >= 15 is 0 Å². The Bertz CT molecular complexity index is 1530. The lowest BCUT2D eigenvalue weighted by atomic mass is 9.97. The number of ether oxygens (including phenoxy) is 1. The molecule has 0 aliphatic heterocycles. The average Bonchev–Trinajstić information content (AvgIpc) is 2.88. The van der Waals surface area contributed by atoms with E-state index in [1.54, 1.807) is 44.2 Å². The fraction of sp³-hybridized carbons (Fsp3) is 0.138. The number of carbonyl (C=O) groups is 2. The molecule has 0 spiro atoms. The number of ketones is 1. The van der Waals surface area contributed by atoms with E-state index in [4.69, 9.17) is 33.7 Å². The van der Waals surface area contributed by atoms with Gasteiger partial charge < -0.3 is 15.6 Å². The number of rotatable bonds is 8. The zero-order valence-corrected chi connectivity index (χ0v) is 21.7. The smallest absolute Gasteiger partial charge is 0.354 e. The number of aromatic nitrogens is 1. The van der Waals surface area contributed by atoms with Crippen molar-refractivity contribution in [1.82, 2.24) is 4.98 Å². The number of benzene rings is 3. The van der Waals surface area contributed by atoms with Gasteiger partial charge in [0, 0.05) is 17.7 Å². The predicted octanol–water partition coefficient (Wildman–Crippen LogP) is 6.88. The van der Waals surface area contributed by atoms with Crippen LogP contribution in [0.4, 0.5) is 0 Å². The number of fused-ring (bicyclic) bond motifs is 1. The van der Waals surface area contributed by atoms with Crippen LogP contribution in [0.1, 0.15) is 29.9 Å². The summed E-state index contributed by atoms with van der Waals surface area (Å²) in [6.45, 7) is 3.53. The first-order chi connectivity index (χ1) is 17.7. The third-order valence-corrected chi connectivity index (χ3v) is 6.52. The van der Waals surface area contributed by atoms with Crippen molar-refractivity contribution >= 4 is 51.4 Å². The number of aromatic carboxylic acids is 1. The highest BCUT2D eigenvalue weighted by Crippen LogP contribution is 2.32. The summed E-state index contributed by atoms with van der Waals surface area (Å²) in [4.78, 5) is 28.1. The molecule has 4 aromatic rings. The summed E-state index contributed by atoms with van der Waals surface area (Å²) in [7, 11) is 0. The minimum atomic E-state index is -1.08. The van der Waals surface area contributed by atoms with E-state index in [-0.39, 0.29) is 29.7 Å². The molecule has 0 aliphatic rings. The number of nitrogens with zero attached hydrogens (tertiary/aromatic N) is 1. The Kier molecular flexibility index (Phi) is 7.81. The van der Waals surface area contributed by atoms with E-state index < -0.39 is 5.97 Å². The zero-order chi connectivity index (χ0) is 26.7. The predicted molar refractivity (Wildman–Crippen MR) is 147 cm³/mol. The highest BCUT2D eigenvalue weighted by Gasteiger charge is 2.22. The number of carboxylic acids is 1. The van der Waals surface area contributed by atoms with Gasteiger partial charge in [-0.05, 0) is 64.4 Å². The van der Waals surface area contributed by atoms with Crippen LogP contribution in [0, 0.1) is 5.92 Å². The first-order valence-electron chi connectivity index (χ1n) is 11.5. The van der Waals surface area contributed by atoms with Crippen LogP contribution < -0.4 is 10.5 Å². The van der Waals surface area contributed by atoms with Crippen molar-refractivity contribution in [3.05, 3.63) is 99.8 Å². The number of carbonyl (C=O) groups excluding carboxylic acids is 1. The third kappa shape index (κ3) is 5.77. The van der Waals surface area contributed by atoms with Crippen LogP contribution in [0.3, 0.4) is 0 Å². The van der Waals surface area contributed by atoms with Crippen molar-refractivity contribution in [1.29, 1.82) is 0 Å². The number of hydrogen-bond donors (Lipinski definition) is 2. The molecule has 0 aliphatic carbocycles.